The van der Waals surface area contributed by atoms with E-state index in [-0.39, 0.29) is 5.82 Å². The van der Waals surface area contributed by atoms with Crippen molar-refractivity contribution in [2.75, 3.05) is 10.6 Å². The Kier molecular flexibility index (Phi) is 4.35. The van der Waals surface area contributed by atoms with Gasteiger partial charge >= 0.3 is 0 Å². The summed E-state index contributed by atoms with van der Waals surface area (Å²) in [6.45, 7) is 5.78. The van der Waals surface area contributed by atoms with Crippen LogP contribution in [0.2, 0.25) is 0 Å². The average molecular weight is 288 g/mol. The summed E-state index contributed by atoms with van der Waals surface area (Å²) in [7, 11) is 0. The summed E-state index contributed by atoms with van der Waals surface area (Å²) < 4.78 is 13.5. The van der Waals surface area contributed by atoms with Gasteiger partial charge in [0.05, 0.1) is 0 Å². The first kappa shape index (κ1) is 14.5. The average Bonchev–Trinajstić information content (AvgIpc) is 2.38. The molecule has 0 fully saturated rings. The van der Waals surface area contributed by atoms with Crippen LogP contribution in [0.4, 0.5) is 15.8 Å². The third kappa shape index (κ3) is 3.33. The molecule has 2 N–H and O–H groups in total. The standard InChI is InChI=1S/C16H17FN2S/c1-10-7-8-14(11(2)9-10)18-16(20)19-15-6-4-5-13(17)12(15)3/h4-9H,1-3H3,(H2,18,19,20). The molecule has 0 aliphatic carbocycles. The molecular weight excluding hydrogens is 271 g/mol. The molecule has 0 atom stereocenters. The van der Waals surface area contributed by atoms with Crippen LogP contribution in [-0.4, -0.2) is 5.11 Å². The van der Waals surface area contributed by atoms with Crippen LogP contribution in [0.5, 0.6) is 0 Å². The molecule has 4 heteroatoms. The number of nitrogens with one attached hydrogen (secondary N) is 2. The molecule has 2 aromatic rings. The van der Waals surface area contributed by atoms with Gasteiger partial charge in [0.2, 0.25) is 0 Å². The van der Waals surface area contributed by atoms with Crippen LogP contribution in [0.1, 0.15) is 16.7 Å². The molecule has 0 saturated carbocycles. The van der Waals surface area contributed by atoms with Gasteiger partial charge in [0.25, 0.3) is 0 Å². The summed E-state index contributed by atoms with van der Waals surface area (Å²) in [4.78, 5) is 0. The Morgan fingerprint density at radius 3 is 2.40 bits per heavy atom. The fourth-order valence-corrected chi connectivity index (χ4v) is 2.19. The molecule has 0 aliphatic heterocycles. The molecule has 0 aliphatic rings. The van der Waals surface area contributed by atoms with Crippen LogP contribution in [0.25, 0.3) is 0 Å². The zero-order valence-electron chi connectivity index (χ0n) is 11.8. The minimum Gasteiger partial charge on any atom is -0.332 e. The number of rotatable bonds is 2. The van der Waals surface area contributed by atoms with Gasteiger partial charge in [-0.1, -0.05) is 23.8 Å². The Morgan fingerprint density at radius 2 is 1.70 bits per heavy atom. The zero-order valence-corrected chi connectivity index (χ0v) is 12.6. The van der Waals surface area contributed by atoms with Crippen molar-refractivity contribution in [2.45, 2.75) is 20.8 Å². The normalized spacial score (nSPS) is 10.2. The van der Waals surface area contributed by atoms with E-state index in [1.54, 1.807) is 19.1 Å². The Bertz CT molecular complexity index is 653. The monoisotopic (exact) mass is 288 g/mol. The first-order valence-electron chi connectivity index (χ1n) is 6.38. The van der Waals surface area contributed by atoms with Gasteiger partial charge < -0.3 is 10.6 Å². The predicted molar refractivity (Wildman–Crippen MR) is 86.9 cm³/mol. The Balaban J connectivity index is 2.11. The molecule has 0 unspecified atom stereocenters. The smallest absolute Gasteiger partial charge is 0.175 e. The highest BCUT2D eigenvalue weighted by molar-refractivity contribution is 7.80. The molecule has 0 saturated heterocycles. The van der Waals surface area contributed by atoms with Crippen LogP contribution < -0.4 is 10.6 Å². The lowest BCUT2D eigenvalue weighted by Crippen LogP contribution is -2.20. The summed E-state index contributed by atoms with van der Waals surface area (Å²) in [5.41, 5.74) is 4.49. The predicted octanol–water partition coefficient (Wildman–Crippen LogP) is 4.56. The SMILES string of the molecule is Cc1ccc(NC(=S)Nc2cccc(F)c2C)c(C)c1. The maximum absolute atomic E-state index is 13.5. The highest BCUT2D eigenvalue weighted by Crippen LogP contribution is 2.19. The van der Waals surface area contributed by atoms with Crippen LogP contribution in [0.15, 0.2) is 36.4 Å². The van der Waals surface area contributed by atoms with Crippen LogP contribution in [0.3, 0.4) is 0 Å². The van der Waals surface area contributed by atoms with Gasteiger partial charge in [-0.2, -0.15) is 0 Å². The summed E-state index contributed by atoms with van der Waals surface area (Å²) in [6.07, 6.45) is 0. The molecular formula is C16H17FN2S. The van der Waals surface area contributed by atoms with Crippen molar-refractivity contribution in [3.8, 4) is 0 Å². The van der Waals surface area contributed by atoms with E-state index in [4.69, 9.17) is 12.2 Å². The van der Waals surface area contributed by atoms with Gasteiger partial charge in [-0.15, -0.1) is 0 Å². The molecule has 0 spiro atoms. The minimum atomic E-state index is -0.246. The first-order valence-corrected chi connectivity index (χ1v) is 6.78. The first-order chi connectivity index (χ1) is 9.47. The van der Waals surface area contributed by atoms with Gasteiger partial charge in [0, 0.05) is 16.9 Å². The number of halogens is 1. The Morgan fingerprint density at radius 1 is 1.00 bits per heavy atom. The molecule has 0 radical (unpaired) electrons. The number of benzene rings is 2. The lowest BCUT2D eigenvalue weighted by Gasteiger charge is -2.14. The maximum Gasteiger partial charge on any atom is 0.175 e. The van der Waals surface area contributed by atoms with E-state index in [9.17, 15) is 4.39 Å². The summed E-state index contributed by atoms with van der Waals surface area (Å²) >= 11 is 5.27. The Hall–Kier alpha value is -1.94. The van der Waals surface area contributed by atoms with Crippen molar-refractivity contribution in [3.05, 3.63) is 58.9 Å². The van der Waals surface area contributed by atoms with E-state index >= 15 is 0 Å². The van der Waals surface area contributed by atoms with Crippen molar-refractivity contribution in [1.29, 1.82) is 0 Å². The van der Waals surface area contributed by atoms with Crippen molar-refractivity contribution >= 4 is 28.7 Å². The molecule has 2 aromatic carbocycles. The molecule has 0 heterocycles. The van der Waals surface area contributed by atoms with E-state index in [0.717, 1.165) is 11.3 Å². The molecule has 0 amide bonds. The van der Waals surface area contributed by atoms with Gasteiger partial charge in [0.15, 0.2) is 5.11 Å². The number of thiocarbonyl (C=S) groups is 1. The number of aryl methyl sites for hydroxylation is 2. The van der Waals surface area contributed by atoms with Gasteiger partial charge in [-0.25, -0.2) is 4.39 Å². The second-order valence-electron chi connectivity index (χ2n) is 4.81. The highest BCUT2D eigenvalue weighted by Gasteiger charge is 2.06. The third-order valence-electron chi connectivity index (χ3n) is 3.15. The fraction of sp³-hybridized carbons (Fsp3) is 0.188. The molecule has 2 nitrogen and oxygen atoms in total. The van der Waals surface area contributed by atoms with E-state index < -0.39 is 0 Å². The van der Waals surface area contributed by atoms with Gasteiger partial charge in [-0.05, 0) is 56.8 Å². The van der Waals surface area contributed by atoms with Crippen molar-refractivity contribution in [2.24, 2.45) is 0 Å². The summed E-state index contributed by atoms with van der Waals surface area (Å²) in [5, 5.41) is 6.60. The molecule has 104 valence electrons. The summed E-state index contributed by atoms with van der Waals surface area (Å²) in [5.74, 6) is -0.246. The second kappa shape index (κ2) is 6.01. The second-order valence-corrected chi connectivity index (χ2v) is 5.22. The quantitative estimate of drug-likeness (QED) is 0.792. The van der Waals surface area contributed by atoms with Gasteiger partial charge in [-0.3, -0.25) is 0 Å². The van der Waals surface area contributed by atoms with Crippen molar-refractivity contribution in [1.82, 2.24) is 0 Å². The molecule has 2 rings (SSSR count). The molecule has 0 aromatic heterocycles. The molecule has 0 bridgehead atoms. The topological polar surface area (TPSA) is 24.1 Å². The van der Waals surface area contributed by atoms with E-state index in [0.29, 0.717) is 16.4 Å². The minimum absolute atomic E-state index is 0.246. The maximum atomic E-state index is 13.5. The van der Waals surface area contributed by atoms with Crippen molar-refractivity contribution in [3.63, 3.8) is 0 Å². The number of hydrogen-bond donors (Lipinski definition) is 2. The van der Waals surface area contributed by atoms with E-state index in [2.05, 4.69) is 16.7 Å². The number of hydrogen-bond acceptors (Lipinski definition) is 1. The van der Waals surface area contributed by atoms with Crippen molar-refractivity contribution < 1.29 is 4.39 Å². The lowest BCUT2D eigenvalue weighted by atomic mass is 10.1. The number of anilines is 2. The molecule has 20 heavy (non-hydrogen) atoms. The fourth-order valence-electron chi connectivity index (χ4n) is 1.97. The van der Waals surface area contributed by atoms with E-state index in [1.807, 2.05) is 26.0 Å². The van der Waals surface area contributed by atoms with Crippen LogP contribution in [-0.2, 0) is 0 Å². The third-order valence-corrected chi connectivity index (χ3v) is 3.35. The van der Waals surface area contributed by atoms with Crippen LogP contribution in [0, 0.1) is 26.6 Å². The zero-order chi connectivity index (χ0) is 14.7. The summed E-state index contributed by atoms with van der Waals surface area (Å²) in [6, 6.07) is 11.0. The lowest BCUT2D eigenvalue weighted by molar-refractivity contribution is 0.619. The van der Waals surface area contributed by atoms with Gasteiger partial charge in [0.1, 0.15) is 5.82 Å². The largest absolute Gasteiger partial charge is 0.332 e. The highest BCUT2D eigenvalue weighted by atomic mass is 32.1. The van der Waals surface area contributed by atoms with E-state index in [1.165, 1.54) is 11.6 Å². The van der Waals surface area contributed by atoms with Crippen LogP contribution >= 0.6 is 12.2 Å². The Labute approximate surface area is 124 Å².